The molecule has 82 valence electrons. The molecule has 0 unspecified atom stereocenters. The Morgan fingerprint density at radius 1 is 1.60 bits per heavy atom. The monoisotopic (exact) mass is 207 g/mol. The van der Waals surface area contributed by atoms with E-state index in [9.17, 15) is 4.79 Å². The molecule has 1 aromatic heterocycles. The van der Waals surface area contributed by atoms with E-state index in [0.29, 0.717) is 12.2 Å². The topological polar surface area (TPSA) is 68.0 Å². The van der Waals surface area contributed by atoms with Gasteiger partial charge in [-0.15, -0.1) is 0 Å². The molecule has 0 aliphatic carbocycles. The molecule has 0 saturated heterocycles. The minimum Gasteiger partial charge on any atom is -0.345 e. The summed E-state index contributed by atoms with van der Waals surface area (Å²) < 4.78 is 0. The van der Waals surface area contributed by atoms with Crippen molar-refractivity contribution in [3.05, 3.63) is 29.6 Å². The lowest BCUT2D eigenvalue weighted by Gasteiger charge is -2.23. The van der Waals surface area contributed by atoms with Gasteiger partial charge in [0.2, 0.25) is 0 Å². The molecule has 4 heteroatoms. The Kier molecular flexibility index (Phi) is 3.42. The van der Waals surface area contributed by atoms with Crippen LogP contribution in [0.2, 0.25) is 0 Å². The van der Waals surface area contributed by atoms with Crippen LogP contribution in [0.4, 0.5) is 0 Å². The third kappa shape index (κ3) is 3.32. The summed E-state index contributed by atoms with van der Waals surface area (Å²) in [7, 11) is 0. The Balaban J connectivity index is 2.78. The predicted molar refractivity (Wildman–Crippen MR) is 59.6 cm³/mol. The Labute approximate surface area is 89.9 Å². The van der Waals surface area contributed by atoms with Crippen molar-refractivity contribution in [1.82, 2.24) is 10.3 Å². The average Bonchev–Trinajstić information content (AvgIpc) is 2.17. The van der Waals surface area contributed by atoms with Crippen LogP contribution >= 0.6 is 0 Å². The molecule has 0 aromatic carbocycles. The smallest absolute Gasteiger partial charge is 0.270 e. The maximum atomic E-state index is 11.7. The number of carbonyl (C=O) groups is 1. The lowest BCUT2D eigenvalue weighted by molar-refractivity contribution is 0.0910. The number of rotatable bonds is 3. The van der Waals surface area contributed by atoms with Gasteiger partial charge in [0.15, 0.2) is 0 Å². The van der Waals surface area contributed by atoms with Gasteiger partial charge in [-0.2, -0.15) is 0 Å². The molecule has 0 bridgehead atoms. The number of nitrogens with zero attached hydrogens (tertiary/aromatic N) is 1. The highest BCUT2D eigenvalue weighted by Crippen LogP contribution is 2.04. The fourth-order valence-electron chi connectivity index (χ4n) is 1.08. The number of hydrogen-bond acceptors (Lipinski definition) is 3. The number of aryl methyl sites for hydroxylation is 1. The first-order chi connectivity index (χ1) is 6.94. The molecule has 1 amide bonds. The Bertz CT molecular complexity index is 361. The summed E-state index contributed by atoms with van der Waals surface area (Å²) in [4.78, 5) is 15.7. The van der Waals surface area contributed by atoms with Gasteiger partial charge in [0, 0.05) is 18.3 Å². The summed E-state index contributed by atoms with van der Waals surface area (Å²) in [5, 5.41) is 2.82. The second-order valence-electron chi connectivity index (χ2n) is 4.26. The molecule has 1 heterocycles. The SMILES string of the molecule is Cc1ccnc(C(=O)NC(C)(C)CN)c1. The van der Waals surface area contributed by atoms with Gasteiger partial charge in [0.05, 0.1) is 0 Å². The third-order valence-corrected chi connectivity index (χ3v) is 2.11. The number of pyridine rings is 1. The maximum Gasteiger partial charge on any atom is 0.270 e. The van der Waals surface area contributed by atoms with E-state index in [-0.39, 0.29) is 5.91 Å². The van der Waals surface area contributed by atoms with Gasteiger partial charge < -0.3 is 11.1 Å². The highest BCUT2D eigenvalue weighted by molar-refractivity contribution is 5.92. The van der Waals surface area contributed by atoms with Crippen molar-refractivity contribution in [2.45, 2.75) is 26.3 Å². The molecular weight excluding hydrogens is 190 g/mol. The molecule has 0 radical (unpaired) electrons. The average molecular weight is 207 g/mol. The minimum atomic E-state index is -0.400. The van der Waals surface area contributed by atoms with E-state index in [4.69, 9.17) is 5.73 Å². The van der Waals surface area contributed by atoms with Gasteiger partial charge in [-0.05, 0) is 38.5 Å². The number of amides is 1. The van der Waals surface area contributed by atoms with E-state index in [1.165, 1.54) is 0 Å². The van der Waals surface area contributed by atoms with Gasteiger partial charge in [-0.25, -0.2) is 0 Å². The zero-order valence-electron chi connectivity index (χ0n) is 9.37. The van der Waals surface area contributed by atoms with E-state index in [1.807, 2.05) is 26.8 Å². The Morgan fingerprint density at radius 2 is 2.27 bits per heavy atom. The first-order valence-electron chi connectivity index (χ1n) is 4.90. The second kappa shape index (κ2) is 4.40. The first kappa shape index (κ1) is 11.7. The Morgan fingerprint density at radius 3 is 2.80 bits per heavy atom. The summed E-state index contributed by atoms with van der Waals surface area (Å²) in [6.07, 6.45) is 1.62. The molecule has 0 spiro atoms. The number of aromatic nitrogens is 1. The van der Waals surface area contributed by atoms with Gasteiger partial charge in [0.25, 0.3) is 5.91 Å². The van der Waals surface area contributed by atoms with Crippen LogP contribution in [-0.2, 0) is 0 Å². The molecule has 15 heavy (non-hydrogen) atoms. The molecular formula is C11H17N3O. The van der Waals surface area contributed by atoms with E-state index in [2.05, 4.69) is 10.3 Å². The molecule has 0 atom stereocenters. The van der Waals surface area contributed by atoms with Crippen molar-refractivity contribution in [3.63, 3.8) is 0 Å². The zero-order valence-corrected chi connectivity index (χ0v) is 9.37. The van der Waals surface area contributed by atoms with Crippen LogP contribution in [0.1, 0.15) is 29.9 Å². The van der Waals surface area contributed by atoms with Gasteiger partial charge in [0.1, 0.15) is 5.69 Å². The first-order valence-corrected chi connectivity index (χ1v) is 4.90. The molecule has 0 saturated carbocycles. The number of nitrogens with two attached hydrogens (primary N) is 1. The summed E-state index contributed by atoms with van der Waals surface area (Å²) in [5.74, 6) is -0.186. The van der Waals surface area contributed by atoms with Crippen molar-refractivity contribution in [2.24, 2.45) is 5.73 Å². The molecule has 0 fully saturated rings. The normalized spacial score (nSPS) is 11.2. The predicted octanol–water partition coefficient (Wildman–Crippen LogP) is 0.857. The van der Waals surface area contributed by atoms with Crippen LogP contribution in [0.3, 0.4) is 0 Å². The number of carbonyl (C=O) groups excluding carboxylic acids is 1. The van der Waals surface area contributed by atoms with Crippen LogP contribution in [0.25, 0.3) is 0 Å². The highest BCUT2D eigenvalue weighted by atomic mass is 16.2. The van der Waals surface area contributed by atoms with Crippen LogP contribution in [0, 0.1) is 6.92 Å². The van der Waals surface area contributed by atoms with Gasteiger partial charge in [-0.3, -0.25) is 9.78 Å². The summed E-state index contributed by atoms with van der Waals surface area (Å²) >= 11 is 0. The fourth-order valence-corrected chi connectivity index (χ4v) is 1.08. The van der Waals surface area contributed by atoms with Crippen molar-refractivity contribution in [3.8, 4) is 0 Å². The third-order valence-electron chi connectivity index (χ3n) is 2.11. The van der Waals surface area contributed by atoms with Gasteiger partial charge in [-0.1, -0.05) is 0 Å². The minimum absolute atomic E-state index is 0.186. The zero-order chi connectivity index (χ0) is 11.5. The van der Waals surface area contributed by atoms with E-state index in [0.717, 1.165) is 5.56 Å². The molecule has 4 nitrogen and oxygen atoms in total. The van der Waals surface area contributed by atoms with Crippen LogP contribution < -0.4 is 11.1 Å². The molecule has 1 aromatic rings. The Hall–Kier alpha value is -1.42. The lowest BCUT2D eigenvalue weighted by Crippen LogP contribution is -2.49. The van der Waals surface area contributed by atoms with Crippen molar-refractivity contribution >= 4 is 5.91 Å². The molecule has 3 N–H and O–H groups in total. The number of hydrogen-bond donors (Lipinski definition) is 2. The van der Waals surface area contributed by atoms with Crippen molar-refractivity contribution < 1.29 is 4.79 Å². The maximum absolute atomic E-state index is 11.7. The molecule has 0 aliphatic heterocycles. The van der Waals surface area contributed by atoms with Crippen molar-refractivity contribution in [2.75, 3.05) is 6.54 Å². The van der Waals surface area contributed by atoms with Crippen molar-refractivity contribution in [1.29, 1.82) is 0 Å². The van der Waals surface area contributed by atoms with Crippen LogP contribution in [0.15, 0.2) is 18.3 Å². The summed E-state index contributed by atoms with van der Waals surface area (Å²) in [6, 6.07) is 3.60. The molecule has 1 rings (SSSR count). The summed E-state index contributed by atoms with van der Waals surface area (Å²) in [5.41, 5.74) is 6.57. The van der Waals surface area contributed by atoms with E-state index >= 15 is 0 Å². The quantitative estimate of drug-likeness (QED) is 0.772. The van der Waals surface area contributed by atoms with E-state index in [1.54, 1.807) is 12.3 Å². The number of nitrogens with one attached hydrogen (secondary N) is 1. The van der Waals surface area contributed by atoms with Crippen LogP contribution in [0.5, 0.6) is 0 Å². The van der Waals surface area contributed by atoms with Gasteiger partial charge >= 0.3 is 0 Å². The van der Waals surface area contributed by atoms with Crippen LogP contribution in [-0.4, -0.2) is 23.0 Å². The van der Waals surface area contributed by atoms with E-state index < -0.39 is 5.54 Å². The fraction of sp³-hybridized carbons (Fsp3) is 0.455. The largest absolute Gasteiger partial charge is 0.345 e. The highest BCUT2D eigenvalue weighted by Gasteiger charge is 2.19. The standard InChI is InChI=1S/C11H17N3O/c1-8-4-5-13-9(6-8)10(15)14-11(2,3)7-12/h4-6H,7,12H2,1-3H3,(H,14,15). The lowest BCUT2D eigenvalue weighted by atomic mass is 10.1. The second-order valence-corrected chi connectivity index (χ2v) is 4.26. The molecule has 0 aliphatic rings. The summed E-state index contributed by atoms with van der Waals surface area (Å²) in [6.45, 7) is 6.07.